The molecule has 6 heteroatoms. The van der Waals surface area contributed by atoms with E-state index in [2.05, 4.69) is 22.3 Å². The number of halogens is 1. The van der Waals surface area contributed by atoms with Crippen molar-refractivity contribution in [1.29, 1.82) is 0 Å². The van der Waals surface area contributed by atoms with Gasteiger partial charge in [-0.3, -0.25) is 9.69 Å². The minimum Gasteiger partial charge on any atom is -0.497 e. The fraction of sp³-hybridized carbons (Fsp3) is 0.381. The second-order valence-corrected chi connectivity index (χ2v) is 7.02. The molecule has 0 spiro atoms. The van der Waals surface area contributed by atoms with Gasteiger partial charge in [0.25, 0.3) is 5.91 Å². The maximum absolute atomic E-state index is 12.2. The fourth-order valence-corrected chi connectivity index (χ4v) is 3.40. The second kappa shape index (κ2) is 9.62. The number of methoxy groups -OCH3 is 1. The third-order valence-electron chi connectivity index (χ3n) is 4.76. The van der Waals surface area contributed by atoms with Crippen LogP contribution in [0, 0.1) is 0 Å². The summed E-state index contributed by atoms with van der Waals surface area (Å²) in [5.74, 6) is 1.32. The molecule has 0 unspecified atom stereocenters. The van der Waals surface area contributed by atoms with Crippen LogP contribution < -0.4 is 14.8 Å². The number of hydrogen-bond donors (Lipinski definition) is 1. The maximum atomic E-state index is 12.2. The van der Waals surface area contributed by atoms with Crippen LogP contribution in [0.5, 0.6) is 11.5 Å². The fourth-order valence-electron chi connectivity index (χ4n) is 3.28. The summed E-state index contributed by atoms with van der Waals surface area (Å²) in [6.07, 6.45) is 2.39. The molecule has 27 heavy (non-hydrogen) atoms. The number of amides is 1. The first-order valence-electron chi connectivity index (χ1n) is 9.19. The van der Waals surface area contributed by atoms with Crippen molar-refractivity contribution in [2.24, 2.45) is 0 Å². The van der Waals surface area contributed by atoms with Crippen molar-refractivity contribution < 1.29 is 14.3 Å². The summed E-state index contributed by atoms with van der Waals surface area (Å²) < 4.78 is 10.8. The van der Waals surface area contributed by atoms with Crippen molar-refractivity contribution >= 4 is 17.5 Å². The Kier molecular flexibility index (Phi) is 6.96. The van der Waals surface area contributed by atoms with Gasteiger partial charge in [0.1, 0.15) is 11.5 Å². The summed E-state index contributed by atoms with van der Waals surface area (Å²) in [6.45, 7) is 2.63. The molecule has 1 amide bonds. The standard InChI is InChI=1S/C21H25ClN2O3/c1-26-18-8-4-16(5-9-18)20(24-12-2-3-13-24)14-23-21(25)15-27-19-10-6-17(22)7-11-19/h4-11,20H,2-3,12-15H2,1H3,(H,23,25)/t20-/m1/s1. The number of likely N-dealkylation sites (tertiary alicyclic amines) is 1. The molecule has 1 saturated heterocycles. The lowest BCUT2D eigenvalue weighted by Crippen LogP contribution is -2.38. The maximum Gasteiger partial charge on any atom is 0.258 e. The molecule has 2 aromatic rings. The van der Waals surface area contributed by atoms with E-state index in [1.54, 1.807) is 31.4 Å². The van der Waals surface area contributed by atoms with Gasteiger partial charge in [0.2, 0.25) is 0 Å². The van der Waals surface area contributed by atoms with E-state index < -0.39 is 0 Å². The number of carbonyl (C=O) groups excluding carboxylic acids is 1. The molecule has 1 N–H and O–H groups in total. The molecule has 1 atom stereocenters. The normalized spacial score (nSPS) is 15.3. The van der Waals surface area contributed by atoms with Gasteiger partial charge in [0, 0.05) is 11.6 Å². The first-order chi connectivity index (χ1) is 13.2. The van der Waals surface area contributed by atoms with Crippen molar-refractivity contribution in [2.75, 3.05) is 33.4 Å². The molecule has 1 aliphatic rings. The molecule has 5 nitrogen and oxygen atoms in total. The van der Waals surface area contributed by atoms with Crippen LogP contribution in [0.1, 0.15) is 24.4 Å². The SMILES string of the molecule is COc1ccc([C@@H](CNC(=O)COc2ccc(Cl)cc2)N2CCCC2)cc1. The van der Waals surface area contributed by atoms with Gasteiger partial charge in [-0.15, -0.1) is 0 Å². The minimum atomic E-state index is -0.136. The number of nitrogens with one attached hydrogen (secondary N) is 1. The van der Waals surface area contributed by atoms with E-state index in [0.29, 0.717) is 17.3 Å². The zero-order chi connectivity index (χ0) is 19.1. The molecule has 3 rings (SSSR count). The van der Waals surface area contributed by atoms with Gasteiger partial charge in [0.05, 0.1) is 13.2 Å². The Balaban J connectivity index is 1.56. The molecule has 1 fully saturated rings. The Hall–Kier alpha value is -2.24. The molecule has 144 valence electrons. The third kappa shape index (κ3) is 5.62. The molecule has 0 bridgehead atoms. The zero-order valence-electron chi connectivity index (χ0n) is 15.5. The molecular weight excluding hydrogens is 364 g/mol. The molecule has 0 radical (unpaired) electrons. The highest BCUT2D eigenvalue weighted by Gasteiger charge is 2.24. The predicted octanol–water partition coefficient (Wildman–Crippen LogP) is 3.68. The largest absolute Gasteiger partial charge is 0.497 e. The summed E-state index contributed by atoms with van der Waals surface area (Å²) >= 11 is 5.85. The third-order valence-corrected chi connectivity index (χ3v) is 5.01. The van der Waals surface area contributed by atoms with Crippen molar-refractivity contribution in [3.05, 3.63) is 59.1 Å². The van der Waals surface area contributed by atoms with E-state index in [9.17, 15) is 4.79 Å². The summed E-state index contributed by atoms with van der Waals surface area (Å²) in [5.41, 5.74) is 1.18. The lowest BCUT2D eigenvalue weighted by atomic mass is 10.1. The molecule has 2 aromatic carbocycles. The Labute approximate surface area is 165 Å². The average Bonchev–Trinajstić information content (AvgIpc) is 3.23. The highest BCUT2D eigenvalue weighted by Crippen LogP contribution is 2.26. The topological polar surface area (TPSA) is 50.8 Å². The highest BCUT2D eigenvalue weighted by atomic mass is 35.5. The lowest BCUT2D eigenvalue weighted by molar-refractivity contribution is -0.123. The lowest BCUT2D eigenvalue weighted by Gasteiger charge is -2.28. The van der Waals surface area contributed by atoms with Crippen LogP contribution in [0.4, 0.5) is 0 Å². The van der Waals surface area contributed by atoms with Crippen molar-refractivity contribution in [3.63, 3.8) is 0 Å². The predicted molar refractivity (Wildman–Crippen MR) is 106 cm³/mol. The van der Waals surface area contributed by atoms with Gasteiger partial charge in [-0.2, -0.15) is 0 Å². The molecule has 0 saturated carbocycles. The Morgan fingerprint density at radius 3 is 2.33 bits per heavy atom. The number of hydrogen-bond acceptors (Lipinski definition) is 4. The number of ether oxygens (including phenoxy) is 2. The Morgan fingerprint density at radius 2 is 1.70 bits per heavy atom. The van der Waals surface area contributed by atoms with E-state index >= 15 is 0 Å². The van der Waals surface area contributed by atoms with E-state index in [0.717, 1.165) is 18.8 Å². The van der Waals surface area contributed by atoms with Crippen molar-refractivity contribution in [3.8, 4) is 11.5 Å². The molecule has 1 aliphatic heterocycles. The minimum absolute atomic E-state index is 0.0169. The van der Waals surface area contributed by atoms with Crippen LogP contribution in [0.3, 0.4) is 0 Å². The first kappa shape index (κ1) is 19.5. The van der Waals surface area contributed by atoms with Crippen LogP contribution in [-0.4, -0.2) is 44.2 Å². The number of carbonyl (C=O) groups is 1. The van der Waals surface area contributed by atoms with Crippen LogP contribution in [0.15, 0.2) is 48.5 Å². The van der Waals surface area contributed by atoms with Gasteiger partial charge in [0.15, 0.2) is 6.61 Å². The molecule has 0 aliphatic carbocycles. The van der Waals surface area contributed by atoms with E-state index in [-0.39, 0.29) is 18.6 Å². The summed E-state index contributed by atoms with van der Waals surface area (Å²) in [4.78, 5) is 14.7. The Bertz CT molecular complexity index is 728. The van der Waals surface area contributed by atoms with Crippen molar-refractivity contribution in [1.82, 2.24) is 10.2 Å². The molecule has 0 aromatic heterocycles. The van der Waals surface area contributed by atoms with Crippen molar-refractivity contribution in [2.45, 2.75) is 18.9 Å². The van der Waals surface area contributed by atoms with Gasteiger partial charge >= 0.3 is 0 Å². The summed E-state index contributed by atoms with van der Waals surface area (Å²) in [7, 11) is 1.66. The van der Waals surface area contributed by atoms with Gasteiger partial charge in [-0.05, 0) is 67.9 Å². The first-order valence-corrected chi connectivity index (χ1v) is 9.56. The van der Waals surface area contributed by atoms with E-state index in [4.69, 9.17) is 21.1 Å². The van der Waals surface area contributed by atoms with E-state index in [1.807, 2.05) is 12.1 Å². The van der Waals surface area contributed by atoms with Crippen LogP contribution in [0.25, 0.3) is 0 Å². The average molecular weight is 389 g/mol. The summed E-state index contributed by atoms with van der Waals surface area (Å²) in [5, 5.41) is 3.64. The van der Waals surface area contributed by atoms with Gasteiger partial charge < -0.3 is 14.8 Å². The molecule has 1 heterocycles. The quantitative estimate of drug-likeness (QED) is 0.749. The van der Waals surface area contributed by atoms with Gasteiger partial charge in [-0.1, -0.05) is 23.7 Å². The smallest absolute Gasteiger partial charge is 0.258 e. The van der Waals surface area contributed by atoms with Gasteiger partial charge in [-0.25, -0.2) is 0 Å². The highest BCUT2D eigenvalue weighted by molar-refractivity contribution is 6.30. The molecular formula is C21H25ClN2O3. The van der Waals surface area contributed by atoms with Crippen LogP contribution >= 0.6 is 11.6 Å². The second-order valence-electron chi connectivity index (χ2n) is 6.58. The Morgan fingerprint density at radius 1 is 1.07 bits per heavy atom. The monoisotopic (exact) mass is 388 g/mol. The van der Waals surface area contributed by atoms with Crippen LogP contribution in [-0.2, 0) is 4.79 Å². The number of benzene rings is 2. The van der Waals surface area contributed by atoms with Crippen LogP contribution in [0.2, 0.25) is 5.02 Å². The van der Waals surface area contributed by atoms with E-state index in [1.165, 1.54) is 18.4 Å². The number of rotatable bonds is 8. The zero-order valence-corrected chi connectivity index (χ0v) is 16.2. The summed E-state index contributed by atoms with van der Waals surface area (Å²) in [6, 6.07) is 15.2. The number of nitrogens with zero attached hydrogens (tertiary/aromatic N) is 1.